The minimum Gasteiger partial charge on any atom is -0.506 e. The zero-order valence-corrected chi connectivity index (χ0v) is 10.6. The number of likely N-dealkylation sites (tertiary alicyclic amines) is 1. The van der Waals surface area contributed by atoms with Gasteiger partial charge in [0.05, 0.1) is 11.9 Å². The van der Waals surface area contributed by atoms with Gasteiger partial charge in [-0.2, -0.15) is 0 Å². The van der Waals surface area contributed by atoms with Gasteiger partial charge >= 0.3 is 0 Å². The topological polar surface area (TPSA) is 48.4 Å². The zero-order chi connectivity index (χ0) is 12.3. The molecule has 0 spiro atoms. The van der Waals surface area contributed by atoms with Crippen LogP contribution in [0.2, 0.25) is 0 Å². The van der Waals surface area contributed by atoms with Crippen LogP contribution in [0.3, 0.4) is 0 Å². The Bertz CT molecular complexity index is 352. The number of hydrogen-bond donors (Lipinski definition) is 2. The van der Waals surface area contributed by atoms with Crippen LogP contribution in [0.15, 0.2) is 18.3 Å². The van der Waals surface area contributed by atoms with Gasteiger partial charge in [-0.3, -0.25) is 4.98 Å². The molecule has 1 aromatic heterocycles. The van der Waals surface area contributed by atoms with E-state index in [1.54, 1.807) is 6.07 Å². The van der Waals surface area contributed by atoms with Crippen LogP contribution >= 0.6 is 0 Å². The van der Waals surface area contributed by atoms with Crippen molar-refractivity contribution in [3.05, 3.63) is 24.0 Å². The van der Waals surface area contributed by atoms with E-state index < -0.39 is 0 Å². The average molecular weight is 235 g/mol. The third-order valence-corrected chi connectivity index (χ3v) is 3.59. The first-order valence-corrected chi connectivity index (χ1v) is 6.22. The first kappa shape index (κ1) is 12.3. The Morgan fingerprint density at radius 2 is 2.35 bits per heavy atom. The number of aromatic nitrogens is 1. The molecule has 0 aliphatic carbocycles. The van der Waals surface area contributed by atoms with Crippen LogP contribution < -0.4 is 5.32 Å². The summed E-state index contributed by atoms with van der Waals surface area (Å²) < 4.78 is 0. The Balaban J connectivity index is 1.80. The maximum Gasteiger partial charge on any atom is 0.133 e. The lowest BCUT2D eigenvalue weighted by Crippen LogP contribution is -2.45. The Morgan fingerprint density at radius 1 is 1.53 bits per heavy atom. The van der Waals surface area contributed by atoms with E-state index in [-0.39, 0.29) is 5.75 Å². The predicted octanol–water partition coefficient (Wildman–Crippen LogP) is 1.36. The Kier molecular flexibility index (Phi) is 3.97. The molecule has 0 saturated carbocycles. The second-order valence-corrected chi connectivity index (χ2v) is 4.94. The van der Waals surface area contributed by atoms with Gasteiger partial charge in [0, 0.05) is 18.6 Å². The summed E-state index contributed by atoms with van der Waals surface area (Å²) in [6.45, 7) is 4.20. The van der Waals surface area contributed by atoms with Gasteiger partial charge in [0.2, 0.25) is 0 Å². The standard InChI is InChI=1S/C13H21N3O/c1-10-7-11(5-6-16(10)2)14-8-12-3-4-13(17)9-15-12/h3-4,9-11,14,17H,5-8H2,1-2H3. The Hall–Kier alpha value is -1.13. The fourth-order valence-electron chi connectivity index (χ4n) is 2.24. The smallest absolute Gasteiger partial charge is 0.133 e. The van der Waals surface area contributed by atoms with E-state index in [9.17, 15) is 0 Å². The lowest BCUT2D eigenvalue weighted by Gasteiger charge is -2.35. The zero-order valence-electron chi connectivity index (χ0n) is 10.6. The summed E-state index contributed by atoms with van der Waals surface area (Å²) in [6.07, 6.45) is 3.88. The van der Waals surface area contributed by atoms with E-state index in [1.807, 2.05) is 6.07 Å². The van der Waals surface area contributed by atoms with Gasteiger partial charge in [-0.1, -0.05) is 0 Å². The van der Waals surface area contributed by atoms with Gasteiger partial charge in [0.15, 0.2) is 0 Å². The van der Waals surface area contributed by atoms with E-state index in [2.05, 4.69) is 29.2 Å². The molecule has 1 saturated heterocycles. The summed E-state index contributed by atoms with van der Waals surface area (Å²) in [5.41, 5.74) is 0.981. The summed E-state index contributed by atoms with van der Waals surface area (Å²) in [7, 11) is 2.18. The average Bonchev–Trinajstić information content (AvgIpc) is 2.33. The van der Waals surface area contributed by atoms with Crippen LogP contribution in [-0.4, -0.2) is 40.7 Å². The summed E-state index contributed by atoms with van der Waals surface area (Å²) in [6, 6.07) is 4.77. The molecule has 94 valence electrons. The minimum absolute atomic E-state index is 0.224. The van der Waals surface area contributed by atoms with E-state index in [0.29, 0.717) is 12.1 Å². The van der Waals surface area contributed by atoms with Gasteiger partial charge in [0.25, 0.3) is 0 Å². The molecule has 17 heavy (non-hydrogen) atoms. The molecule has 4 heteroatoms. The highest BCUT2D eigenvalue weighted by Gasteiger charge is 2.22. The van der Waals surface area contributed by atoms with Crippen molar-refractivity contribution in [2.24, 2.45) is 0 Å². The highest BCUT2D eigenvalue weighted by molar-refractivity contribution is 5.17. The number of nitrogens with zero attached hydrogens (tertiary/aromatic N) is 2. The van der Waals surface area contributed by atoms with E-state index in [0.717, 1.165) is 18.8 Å². The van der Waals surface area contributed by atoms with E-state index in [4.69, 9.17) is 5.11 Å². The molecule has 0 aromatic carbocycles. The second-order valence-electron chi connectivity index (χ2n) is 4.94. The van der Waals surface area contributed by atoms with Crippen molar-refractivity contribution < 1.29 is 5.11 Å². The molecule has 1 aliphatic heterocycles. The highest BCUT2D eigenvalue weighted by Crippen LogP contribution is 2.15. The van der Waals surface area contributed by atoms with Crippen LogP contribution in [0, 0.1) is 0 Å². The van der Waals surface area contributed by atoms with Crippen molar-refractivity contribution in [2.75, 3.05) is 13.6 Å². The first-order chi connectivity index (χ1) is 8.15. The van der Waals surface area contributed by atoms with Crippen molar-refractivity contribution in [1.29, 1.82) is 0 Å². The Labute approximate surface area is 103 Å². The number of rotatable bonds is 3. The molecule has 1 aromatic rings. The van der Waals surface area contributed by atoms with Gasteiger partial charge in [-0.05, 0) is 45.5 Å². The third-order valence-electron chi connectivity index (χ3n) is 3.59. The number of piperidine rings is 1. The van der Waals surface area contributed by atoms with E-state index in [1.165, 1.54) is 19.0 Å². The molecule has 2 heterocycles. The molecule has 1 fully saturated rings. The quantitative estimate of drug-likeness (QED) is 0.830. The number of hydrogen-bond acceptors (Lipinski definition) is 4. The molecule has 0 amide bonds. The van der Waals surface area contributed by atoms with Crippen molar-refractivity contribution >= 4 is 0 Å². The van der Waals surface area contributed by atoms with Gasteiger partial charge in [-0.15, -0.1) is 0 Å². The largest absolute Gasteiger partial charge is 0.506 e. The molecule has 2 unspecified atom stereocenters. The third kappa shape index (κ3) is 3.41. The summed E-state index contributed by atoms with van der Waals surface area (Å²) in [4.78, 5) is 6.57. The fourth-order valence-corrected chi connectivity index (χ4v) is 2.24. The maximum atomic E-state index is 9.15. The van der Waals surface area contributed by atoms with Gasteiger partial charge in [-0.25, -0.2) is 0 Å². The van der Waals surface area contributed by atoms with Crippen molar-refractivity contribution in [1.82, 2.24) is 15.2 Å². The van der Waals surface area contributed by atoms with Crippen LogP contribution in [0.5, 0.6) is 5.75 Å². The minimum atomic E-state index is 0.224. The highest BCUT2D eigenvalue weighted by atomic mass is 16.3. The molecule has 1 aliphatic rings. The summed E-state index contributed by atoms with van der Waals surface area (Å²) >= 11 is 0. The molecule has 0 bridgehead atoms. The summed E-state index contributed by atoms with van der Waals surface area (Å²) in [5.74, 6) is 0.224. The first-order valence-electron chi connectivity index (χ1n) is 6.22. The van der Waals surface area contributed by atoms with Crippen molar-refractivity contribution in [3.8, 4) is 5.75 Å². The molecule has 4 nitrogen and oxygen atoms in total. The normalized spacial score (nSPS) is 26.0. The fraction of sp³-hybridized carbons (Fsp3) is 0.615. The number of aromatic hydroxyl groups is 1. The molecule has 2 atom stereocenters. The predicted molar refractivity (Wildman–Crippen MR) is 67.9 cm³/mol. The molecule has 2 rings (SSSR count). The summed E-state index contributed by atoms with van der Waals surface area (Å²) in [5, 5.41) is 12.7. The molecular weight excluding hydrogens is 214 g/mol. The maximum absolute atomic E-state index is 9.15. The van der Waals surface area contributed by atoms with Crippen LogP contribution in [0.4, 0.5) is 0 Å². The van der Waals surface area contributed by atoms with Crippen LogP contribution in [0.1, 0.15) is 25.5 Å². The van der Waals surface area contributed by atoms with Crippen molar-refractivity contribution in [3.63, 3.8) is 0 Å². The number of pyridine rings is 1. The lowest BCUT2D eigenvalue weighted by atomic mass is 9.99. The SMILES string of the molecule is CC1CC(NCc2ccc(O)cn2)CCN1C. The second kappa shape index (κ2) is 5.47. The monoisotopic (exact) mass is 235 g/mol. The lowest BCUT2D eigenvalue weighted by molar-refractivity contribution is 0.168. The van der Waals surface area contributed by atoms with E-state index >= 15 is 0 Å². The van der Waals surface area contributed by atoms with Crippen molar-refractivity contribution in [2.45, 2.75) is 38.4 Å². The Morgan fingerprint density at radius 3 is 3.00 bits per heavy atom. The number of nitrogens with one attached hydrogen (secondary N) is 1. The molecule has 2 N–H and O–H groups in total. The van der Waals surface area contributed by atoms with Gasteiger partial charge in [0.1, 0.15) is 5.75 Å². The molecular formula is C13H21N3O. The molecule has 0 radical (unpaired) electrons. The van der Waals surface area contributed by atoms with Crippen LogP contribution in [0.25, 0.3) is 0 Å². The van der Waals surface area contributed by atoms with Crippen LogP contribution in [-0.2, 0) is 6.54 Å². The van der Waals surface area contributed by atoms with Gasteiger partial charge < -0.3 is 15.3 Å².